The molecule has 4 heteroatoms. The maximum absolute atomic E-state index is 4.57. The van der Waals surface area contributed by atoms with Gasteiger partial charge in [-0.25, -0.2) is 4.98 Å². The average Bonchev–Trinajstić information content (AvgIpc) is 2.40. The number of nitrogens with one attached hydrogen (secondary N) is 1. The fraction of sp³-hybridized carbons (Fsp3) is 0.667. The first-order chi connectivity index (χ1) is 9.20. The number of nitrogens with zero attached hydrogens (tertiary/aromatic N) is 2. The van der Waals surface area contributed by atoms with Crippen LogP contribution in [0, 0.1) is 12.8 Å². The van der Waals surface area contributed by atoms with Crippen LogP contribution in [0.25, 0.3) is 0 Å². The van der Waals surface area contributed by atoms with Gasteiger partial charge in [0.05, 0.1) is 4.47 Å². The van der Waals surface area contributed by atoms with E-state index in [0.29, 0.717) is 0 Å². The predicted octanol–water partition coefficient (Wildman–Crippen LogP) is 3.37. The van der Waals surface area contributed by atoms with E-state index in [1.807, 2.05) is 6.20 Å². The molecule has 2 heterocycles. The van der Waals surface area contributed by atoms with Crippen molar-refractivity contribution >= 4 is 21.7 Å². The lowest BCUT2D eigenvalue weighted by molar-refractivity contribution is 0.382. The van der Waals surface area contributed by atoms with Gasteiger partial charge in [0, 0.05) is 19.3 Å². The Morgan fingerprint density at radius 3 is 2.79 bits per heavy atom. The number of hydrogen-bond acceptors (Lipinski definition) is 3. The van der Waals surface area contributed by atoms with Crippen LogP contribution in [0.1, 0.15) is 31.7 Å². The average molecular weight is 326 g/mol. The molecular formula is C15H24BrN3. The molecule has 1 aromatic rings. The Balaban J connectivity index is 1.85. The van der Waals surface area contributed by atoms with Gasteiger partial charge in [0.25, 0.3) is 0 Å². The Labute approximate surface area is 124 Å². The fourth-order valence-electron chi connectivity index (χ4n) is 2.59. The van der Waals surface area contributed by atoms with Gasteiger partial charge >= 0.3 is 0 Å². The highest BCUT2D eigenvalue weighted by Gasteiger charge is 2.21. The molecule has 0 aromatic carbocycles. The van der Waals surface area contributed by atoms with Crippen molar-refractivity contribution in [2.24, 2.45) is 5.92 Å². The van der Waals surface area contributed by atoms with Crippen LogP contribution in [-0.2, 0) is 0 Å². The van der Waals surface area contributed by atoms with Gasteiger partial charge in [0.15, 0.2) is 0 Å². The second-order valence-corrected chi connectivity index (χ2v) is 6.31. The third-order valence-corrected chi connectivity index (χ3v) is 4.32. The molecule has 106 valence electrons. The number of rotatable bonds is 5. The normalized spacial score (nSPS) is 16.9. The molecule has 1 aliphatic heterocycles. The lowest BCUT2D eigenvalue weighted by atomic mass is 9.97. The van der Waals surface area contributed by atoms with Crippen LogP contribution < -0.4 is 10.2 Å². The first kappa shape index (κ1) is 14.8. The molecule has 3 nitrogen and oxygen atoms in total. The number of aryl methyl sites for hydroxylation is 1. The predicted molar refractivity (Wildman–Crippen MR) is 84.8 cm³/mol. The van der Waals surface area contributed by atoms with Crippen LogP contribution in [0.5, 0.6) is 0 Å². The van der Waals surface area contributed by atoms with Crippen LogP contribution in [0.3, 0.4) is 0 Å². The van der Waals surface area contributed by atoms with E-state index in [4.69, 9.17) is 0 Å². The van der Waals surface area contributed by atoms with Gasteiger partial charge in [0.1, 0.15) is 5.82 Å². The Bertz CT molecular complexity index is 400. The smallest absolute Gasteiger partial charge is 0.142 e. The molecule has 1 fully saturated rings. The topological polar surface area (TPSA) is 28.2 Å². The van der Waals surface area contributed by atoms with Crippen molar-refractivity contribution in [2.75, 3.05) is 31.1 Å². The van der Waals surface area contributed by atoms with Crippen molar-refractivity contribution in [1.29, 1.82) is 0 Å². The van der Waals surface area contributed by atoms with E-state index >= 15 is 0 Å². The van der Waals surface area contributed by atoms with Crippen molar-refractivity contribution in [3.05, 3.63) is 22.3 Å². The van der Waals surface area contributed by atoms with Crippen LogP contribution >= 0.6 is 15.9 Å². The fourth-order valence-corrected chi connectivity index (χ4v) is 3.31. The summed E-state index contributed by atoms with van der Waals surface area (Å²) >= 11 is 3.63. The molecule has 0 unspecified atom stereocenters. The van der Waals surface area contributed by atoms with E-state index in [0.717, 1.165) is 35.8 Å². The highest BCUT2D eigenvalue weighted by atomic mass is 79.9. The molecule has 0 radical (unpaired) electrons. The Hall–Kier alpha value is -0.610. The minimum atomic E-state index is 0.826. The van der Waals surface area contributed by atoms with Gasteiger partial charge < -0.3 is 10.2 Å². The molecular weight excluding hydrogens is 302 g/mol. The van der Waals surface area contributed by atoms with Gasteiger partial charge in [-0.3, -0.25) is 0 Å². The molecule has 0 atom stereocenters. The number of pyridine rings is 1. The molecule has 1 aliphatic rings. The van der Waals surface area contributed by atoms with E-state index in [1.165, 1.54) is 31.4 Å². The first-order valence-electron chi connectivity index (χ1n) is 7.28. The van der Waals surface area contributed by atoms with E-state index < -0.39 is 0 Å². The molecule has 1 N–H and O–H groups in total. The van der Waals surface area contributed by atoms with Crippen LogP contribution in [0.2, 0.25) is 0 Å². The summed E-state index contributed by atoms with van der Waals surface area (Å²) in [7, 11) is 0. The van der Waals surface area contributed by atoms with Crippen molar-refractivity contribution in [3.63, 3.8) is 0 Å². The molecule has 0 spiro atoms. The maximum Gasteiger partial charge on any atom is 0.142 e. The van der Waals surface area contributed by atoms with E-state index in [9.17, 15) is 0 Å². The summed E-state index contributed by atoms with van der Waals surface area (Å²) in [5.41, 5.74) is 1.20. The summed E-state index contributed by atoms with van der Waals surface area (Å²) in [5, 5.41) is 3.53. The second-order valence-electron chi connectivity index (χ2n) is 5.45. The largest absolute Gasteiger partial charge is 0.356 e. The number of anilines is 1. The highest BCUT2D eigenvalue weighted by molar-refractivity contribution is 9.10. The molecule has 0 saturated carbocycles. The first-order valence-corrected chi connectivity index (χ1v) is 8.07. The SMILES string of the molecule is CCCNCC1CCN(c2ncc(C)cc2Br)CC1. The zero-order valence-electron chi connectivity index (χ0n) is 12.0. The second kappa shape index (κ2) is 7.25. The summed E-state index contributed by atoms with van der Waals surface area (Å²) < 4.78 is 1.12. The van der Waals surface area contributed by atoms with Gasteiger partial charge in [-0.15, -0.1) is 0 Å². The Morgan fingerprint density at radius 2 is 2.16 bits per heavy atom. The van der Waals surface area contributed by atoms with E-state index in [2.05, 4.69) is 51.0 Å². The summed E-state index contributed by atoms with van der Waals surface area (Å²) in [6.45, 7) is 8.85. The summed E-state index contributed by atoms with van der Waals surface area (Å²) in [4.78, 5) is 6.97. The minimum Gasteiger partial charge on any atom is -0.356 e. The molecule has 2 rings (SSSR count). The van der Waals surface area contributed by atoms with Crippen molar-refractivity contribution in [2.45, 2.75) is 33.1 Å². The summed E-state index contributed by atoms with van der Waals surface area (Å²) in [6.07, 6.45) is 5.70. The zero-order chi connectivity index (χ0) is 13.7. The number of hydrogen-bond donors (Lipinski definition) is 1. The van der Waals surface area contributed by atoms with E-state index in [-0.39, 0.29) is 0 Å². The number of halogens is 1. The van der Waals surface area contributed by atoms with Gasteiger partial charge in [-0.2, -0.15) is 0 Å². The maximum atomic E-state index is 4.57. The van der Waals surface area contributed by atoms with Crippen molar-refractivity contribution in [3.8, 4) is 0 Å². The molecule has 19 heavy (non-hydrogen) atoms. The molecule has 1 aromatic heterocycles. The quantitative estimate of drug-likeness (QED) is 0.841. The van der Waals surface area contributed by atoms with Gasteiger partial charge in [-0.05, 0) is 72.8 Å². The van der Waals surface area contributed by atoms with Crippen LogP contribution in [0.4, 0.5) is 5.82 Å². The number of piperidine rings is 1. The van der Waals surface area contributed by atoms with Crippen molar-refractivity contribution < 1.29 is 0 Å². The third kappa shape index (κ3) is 4.18. The number of aromatic nitrogens is 1. The van der Waals surface area contributed by atoms with Crippen LogP contribution in [-0.4, -0.2) is 31.2 Å². The lowest BCUT2D eigenvalue weighted by Gasteiger charge is -2.33. The molecule has 0 amide bonds. The minimum absolute atomic E-state index is 0.826. The van der Waals surface area contributed by atoms with E-state index in [1.54, 1.807) is 0 Å². The third-order valence-electron chi connectivity index (χ3n) is 3.73. The van der Waals surface area contributed by atoms with Crippen molar-refractivity contribution in [1.82, 2.24) is 10.3 Å². The standard InChI is InChI=1S/C15H24BrN3/c1-3-6-17-11-13-4-7-19(8-5-13)15-14(16)9-12(2)10-18-15/h9-10,13,17H,3-8,11H2,1-2H3. The van der Waals surface area contributed by atoms with Gasteiger partial charge in [-0.1, -0.05) is 6.92 Å². The Morgan fingerprint density at radius 1 is 1.42 bits per heavy atom. The monoisotopic (exact) mass is 325 g/mol. The lowest BCUT2D eigenvalue weighted by Crippen LogP contribution is -2.38. The molecule has 0 bridgehead atoms. The zero-order valence-corrected chi connectivity index (χ0v) is 13.5. The molecule has 1 saturated heterocycles. The van der Waals surface area contributed by atoms with Crippen LogP contribution in [0.15, 0.2) is 16.7 Å². The molecule has 0 aliphatic carbocycles. The summed E-state index contributed by atoms with van der Waals surface area (Å²) in [6, 6.07) is 2.15. The summed E-state index contributed by atoms with van der Waals surface area (Å²) in [5.74, 6) is 1.93. The Kier molecular flexibility index (Phi) is 5.64. The highest BCUT2D eigenvalue weighted by Crippen LogP contribution is 2.28. The van der Waals surface area contributed by atoms with Gasteiger partial charge in [0.2, 0.25) is 0 Å².